The van der Waals surface area contributed by atoms with Gasteiger partial charge in [-0.2, -0.15) is 0 Å². The zero-order valence-electron chi connectivity index (χ0n) is 22.3. The molecule has 0 radical (unpaired) electrons. The molecule has 1 saturated carbocycles. The van der Waals surface area contributed by atoms with E-state index in [4.69, 9.17) is 10.5 Å². The van der Waals surface area contributed by atoms with Gasteiger partial charge in [-0.05, 0) is 38.1 Å². The first-order valence-corrected chi connectivity index (χ1v) is 13.0. The van der Waals surface area contributed by atoms with E-state index in [9.17, 15) is 39.6 Å². The monoisotopic (exact) mass is 542 g/mol. The molecule has 1 fully saturated rings. The van der Waals surface area contributed by atoms with Gasteiger partial charge in [0.2, 0.25) is 5.78 Å². The second-order valence-electron chi connectivity index (χ2n) is 10.7. The molecule has 11 heteroatoms. The molecule has 0 spiro atoms. The van der Waals surface area contributed by atoms with Crippen molar-refractivity contribution in [3.05, 3.63) is 46.2 Å². The lowest BCUT2D eigenvalue weighted by Crippen LogP contribution is -2.71. The minimum absolute atomic E-state index is 0.0296. The molecule has 210 valence electrons. The van der Waals surface area contributed by atoms with Crippen molar-refractivity contribution in [3.63, 3.8) is 0 Å². The Hall–Kier alpha value is -3.70. The second-order valence-corrected chi connectivity index (χ2v) is 10.7. The number of phenolic OH excluding ortho intramolecular Hbond substituents is 1. The molecular formula is C28H34N2O9. The van der Waals surface area contributed by atoms with Crippen LogP contribution in [0.1, 0.15) is 56.6 Å². The molecule has 0 heterocycles. The van der Waals surface area contributed by atoms with E-state index >= 15 is 0 Å². The number of esters is 1. The number of ketones is 2. The summed E-state index contributed by atoms with van der Waals surface area (Å²) in [5, 5.41) is 45.0. The lowest BCUT2D eigenvalue weighted by atomic mass is 9.54. The van der Waals surface area contributed by atoms with Crippen molar-refractivity contribution in [3.8, 4) is 5.75 Å². The highest BCUT2D eigenvalue weighted by atomic mass is 16.5. The van der Waals surface area contributed by atoms with Gasteiger partial charge in [0, 0.05) is 17.9 Å². The van der Waals surface area contributed by atoms with Crippen LogP contribution in [0.15, 0.2) is 35.1 Å². The molecule has 0 saturated heterocycles. The molecule has 3 aliphatic carbocycles. The fourth-order valence-electron chi connectivity index (χ4n) is 6.42. The third-order valence-electron chi connectivity index (χ3n) is 8.22. The van der Waals surface area contributed by atoms with E-state index in [0.29, 0.717) is 12.0 Å². The highest BCUT2D eigenvalue weighted by Gasteiger charge is 2.69. The zero-order valence-corrected chi connectivity index (χ0v) is 22.3. The Morgan fingerprint density at radius 1 is 1.13 bits per heavy atom. The third kappa shape index (κ3) is 4.11. The number of hydrogen-bond donors (Lipinski definition) is 5. The average Bonchev–Trinajstić information content (AvgIpc) is 2.85. The number of unbranched alkanes of at least 4 members (excludes halogenated alkanes) is 2. The van der Waals surface area contributed by atoms with Crippen molar-refractivity contribution in [1.82, 2.24) is 4.90 Å². The third-order valence-corrected chi connectivity index (χ3v) is 8.22. The van der Waals surface area contributed by atoms with Crippen LogP contribution in [-0.2, 0) is 23.9 Å². The van der Waals surface area contributed by atoms with Crippen molar-refractivity contribution >= 4 is 29.2 Å². The van der Waals surface area contributed by atoms with E-state index in [1.165, 1.54) is 25.1 Å². The Kier molecular flexibility index (Phi) is 7.35. The van der Waals surface area contributed by atoms with Gasteiger partial charge in [-0.15, -0.1) is 0 Å². The van der Waals surface area contributed by atoms with Gasteiger partial charge in [0.05, 0.1) is 17.5 Å². The van der Waals surface area contributed by atoms with E-state index in [2.05, 4.69) is 0 Å². The number of nitrogens with two attached hydrogens (primary N) is 1. The van der Waals surface area contributed by atoms with Crippen molar-refractivity contribution in [2.45, 2.75) is 63.2 Å². The molecule has 4 rings (SSSR count). The Balaban J connectivity index is 2.03. The van der Waals surface area contributed by atoms with Crippen LogP contribution in [0.3, 0.4) is 0 Å². The van der Waals surface area contributed by atoms with Crippen molar-refractivity contribution < 1.29 is 44.3 Å². The molecule has 1 aromatic rings. The van der Waals surface area contributed by atoms with Gasteiger partial charge in [0.15, 0.2) is 11.4 Å². The first kappa shape index (κ1) is 28.3. The number of phenols is 1. The number of rotatable bonds is 7. The van der Waals surface area contributed by atoms with Crippen molar-refractivity contribution in [1.29, 1.82) is 0 Å². The summed E-state index contributed by atoms with van der Waals surface area (Å²) in [5.74, 6) is -9.57. The van der Waals surface area contributed by atoms with E-state index in [-0.39, 0.29) is 23.3 Å². The standard InChI is InChI=1S/C28H34N2O9/c1-5-6-7-11-15(32)39-24-16-12(2)13-9-8-10-14(31)17(13)22(33)18(16)25(35)28(38)20(24)21(30(3)4)23(34)19(26(28)36)27(29)37/h8-10,12,16,20-21,24,31,33,36,38H,5-7,11H2,1-4H3,(H2,29,37)/t12?,16?,20?,21-,24?,28-/m0/s1. The van der Waals surface area contributed by atoms with Crippen LogP contribution < -0.4 is 5.73 Å². The summed E-state index contributed by atoms with van der Waals surface area (Å²) in [6, 6.07) is 3.14. The van der Waals surface area contributed by atoms with Gasteiger partial charge in [0.1, 0.15) is 28.9 Å². The molecule has 0 bridgehead atoms. The van der Waals surface area contributed by atoms with Crippen LogP contribution in [0.5, 0.6) is 5.75 Å². The van der Waals surface area contributed by atoms with E-state index in [1.807, 2.05) is 6.92 Å². The quantitative estimate of drug-likeness (QED) is 0.192. The van der Waals surface area contributed by atoms with E-state index in [1.54, 1.807) is 19.1 Å². The minimum atomic E-state index is -2.94. The molecule has 1 aromatic carbocycles. The Morgan fingerprint density at radius 2 is 1.79 bits per heavy atom. The van der Waals surface area contributed by atoms with Gasteiger partial charge in [-0.1, -0.05) is 38.8 Å². The predicted molar refractivity (Wildman–Crippen MR) is 138 cm³/mol. The maximum absolute atomic E-state index is 14.1. The summed E-state index contributed by atoms with van der Waals surface area (Å²) >= 11 is 0. The first-order valence-electron chi connectivity index (χ1n) is 13.0. The van der Waals surface area contributed by atoms with Crippen LogP contribution in [-0.4, -0.2) is 80.6 Å². The van der Waals surface area contributed by atoms with Crippen LogP contribution in [0.25, 0.3) is 5.76 Å². The number of aliphatic hydroxyl groups excluding tert-OH is 2. The molecule has 0 aromatic heterocycles. The van der Waals surface area contributed by atoms with Gasteiger partial charge >= 0.3 is 5.97 Å². The molecule has 11 nitrogen and oxygen atoms in total. The Bertz CT molecular complexity index is 1310. The Labute approximate surface area is 225 Å². The van der Waals surface area contributed by atoms with Gasteiger partial charge < -0.3 is 30.9 Å². The number of fused-ring (bicyclic) bond motifs is 3. The molecule has 6 N–H and O–H groups in total. The van der Waals surface area contributed by atoms with Gasteiger partial charge in [-0.25, -0.2) is 0 Å². The SMILES string of the molecule is CCCCCC(=O)OC1C2C(=C(O)c3c(O)cccc3C2C)C(=O)[C@]2(O)C(O)=C(C(N)=O)C(=O)[C@@H](N(C)C)C12. The van der Waals surface area contributed by atoms with E-state index in [0.717, 1.165) is 12.8 Å². The van der Waals surface area contributed by atoms with Crippen LogP contribution >= 0.6 is 0 Å². The lowest BCUT2D eigenvalue weighted by molar-refractivity contribution is -0.185. The average molecular weight is 543 g/mol. The maximum atomic E-state index is 14.1. The molecule has 6 atom stereocenters. The molecular weight excluding hydrogens is 508 g/mol. The normalized spacial score (nSPS) is 30.2. The number of primary amides is 1. The molecule has 4 unspecified atom stereocenters. The number of hydrogen-bond acceptors (Lipinski definition) is 10. The summed E-state index contributed by atoms with van der Waals surface area (Å²) in [5.41, 5.74) is 1.55. The van der Waals surface area contributed by atoms with Crippen LogP contribution in [0.2, 0.25) is 0 Å². The number of benzene rings is 1. The number of carbonyl (C=O) groups excluding carboxylic acids is 4. The predicted octanol–water partition coefficient (Wildman–Crippen LogP) is 1.63. The lowest BCUT2D eigenvalue weighted by Gasteiger charge is -2.54. The summed E-state index contributed by atoms with van der Waals surface area (Å²) in [6.45, 7) is 3.68. The fraction of sp³-hybridized carbons (Fsp3) is 0.500. The van der Waals surface area contributed by atoms with Gasteiger partial charge in [0.25, 0.3) is 5.91 Å². The highest BCUT2D eigenvalue weighted by molar-refractivity contribution is 6.24. The number of amides is 1. The van der Waals surface area contributed by atoms with E-state index < -0.39 is 76.0 Å². The maximum Gasteiger partial charge on any atom is 0.306 e. The number of Topliss-reactive ketones (excluding diaryl/α,β-unsaturated/α-hetero) is 2. The first-order chi connectivity index (χ1) is 18.3. The largest absolute Gasteiger partial charge is 0.508 e. The molecule has 39 heavy (non-hydrogen) atoms. The highest BCUT2D eigenvalue weighted by Crippen LogP contribution is 2.56. The fourth-order valence-corrected chi connectivity index (χ4v) is 6.42. The second kappa shape index (κ2) is 10.1. The molecule has 0 aliphatic heterocycles. The van der Waals surface area contributed by atoms with Gasteiger partial charge in [-0.3, -0.25) is 24.1 Å². The molecule has 1 amide bonds. The van der Waals surface area contributed by atoms with Crippen molar-refractivity contribution in [2.24, 2.45) is 17.6 Å². The smallest absolute Gasteiger partial charge is 0.306 e. The number of ether oxygens (including phenoxy) is 1. The summed E-state index contributed by atoms with van der Waals surface area (Å²) in [4.78, 5) is 54.3. The minimum Gasteiger partial charge on any atom is -0.508 e. The summed E-state index contributed by atoms with van der Waals surface area (Å²) in [7, 11) is 2.96. The van der Waals surface area contributed by atoms with Crippen LogP contribution in [0, 0.1) is 11.8 Å². The molecule has 3 aliphatic rings. The van der Waals surface area contributed by atoms with Crippen molar-refractivity contribution in [2.75, 3.05) is 14.1 Å². The number of carbonyl (C=O) groups is 4. The number of aliphatic hydroxyl groups is 3. The summed E-state index contributed by atoms with van der Waals surface area (Å²) in [6.07, 6.45) is 0.766. The number of likely N-dealkylation sites (N-methyl/N-ethyl adjacent to an activating group) is 1. The van der Waals surface area contributed by atoms with Crippen LogP contribution in [0.4, 0.5) is 0 Å². The zero-order chi connectivity index (χ0) is 29.0. The number of nitrogens with zero attached hydrogens (tertiary/aromatic N) is 1. The number of aromatic hydroxyl groups is 1. The topological polar surface area (TPSA) is 188 Å². The summed E-state index contributed by atoms with van der Waals surface area (Å²) < 4.78 is 5.94. The Morgan fingerprint density at radius 3 is 2.38 bits per heavy atom.